The standard InChI is InChI=1S/C19H23N5O2S/c1-14-8-9-15(24-11-5-10-20-24)12-19(14)27(25,26)21-13-18-16-6-3-2-4-7-17(16)22-23-18/h5,8-12,21H,2-4,6-7,13H2,1H3,(H,22,23). The maximum Gasteiger partial charge on any atom is 0.241 e. The molecule has 27 heavy (non-hydrogen) atoms. The number of hydrogen-bond acceptors (Lipinski definition) is 4. The Kier molecular flexibility index (Phi) is 4.84. The van der Waals surface area contributed by atoms with Crippen LogP contribution in [0.1, 0.15) is 41.8 Å². The lowest BCUT2D eigenvalue weighted by Gasteiger charge is -2.11. The SMILES string of the molecule is Cc1ccc(-n2cccn2)cc1S(=O)(=O)NCc1n[nH]c2c1CCCCC2. The van der Waals surface area contributed by atoms with Gasteiger partial charge in [0, 0.05) is 18.1 Å². The van der Waals surface area contributed by atoms with E-state index in [1.165, 1.54) is 12.0 Å². The molecule has 0 saturated carbocycles. The summed E-state index contributed by atoms with van der Waals surface area (Å²) in [6.45, 7) is 1.99. The second-order valence-electron chi connectivity index (χ2n) is 6.91. The molecule has 7 nitrogen and oxygen atoms in total. The monoisotopic (exact) mass is 385 g/mol. The van der Waals surface area contributed by atoms with E-state index in [1.807, 2.05) is 6.07 Å². The fraction of sp³-hybridized carbons (Fsp3) is 0.368. The third-order valence-electron chi connectivity index (χ3n) is 5.05. The molecule has 0 spiro atoms. The molecule has 1 aliphatic rings. The first-order valence-corrected chi connectivity index (χ1v) is 10.7. The van der Waals surface area contributed by atoms with Gasteiger partial charge in [0.2, 0.25) is 10.0 Å². The van der Waals surface area contributed by atoms with Gasteiger partial charge in [-0.1, -0.05) is 12.5 Å². The first kappa shape index (κ1) is 17.9. The molecule has 1 aliphatic carbocycles. The maximum atomic E-state index is 12.9. The third kappa shape index (κ3) is 3.68. The van der Waals surface area contributed by atoms with Crippen LogP contribution < -0.4 is 4.72 Å². The molecular weight excluding hydrogens is 362 g/mol. The minimum Gasteiger partial charge on any atom is -0.282 e. The van der Waals surface area contributed by atoms with Gasteiger partial charge in [0.25, 0.3) is 0 Å². The van der Waals surface area contributed by atoms with E-state index in [0.717, 1.165) is 37.1 Å². The highest BCUT2D eigenvalue weighted by Gasteiger charge is 2.21. The largest absolute Gasteiger partial charge is 0.282 e. The van der Waals surface area contributed by atoms with Crippen molar-refractivity contribution in [3.8, 4) is 5.69 Å². The van der Waals surface area contributed by atoms with Gasteiger partial charge in [-0.2, -0.15) is 10.2 Å². The van der Waals surface area contributed by atoms with Gasteiger partial charge in [-0.25, -0.2) is 17.8 Å². The van der Waals surface area contributed by atoms with Crippen LogP contribution in [0.25, 0.3) is 5.69 Å². The van der Waals surface area contributed by atoms with Crippen molar-refractivity contribution < 1.29 is 8.42 Å². The van der Waals surface area contributed by atoms with Crippen molar-refractivity contribution >= 4 is 10.0 Å². The second-order valence-corrected chi connectivity index (χ2v) is 8.65. The van der Waals surface area contributed by atoms with Crippen LogP contribution in [0.3, 0.4) is 0 Å². The van der Waals surface area contributed by atoms with Crippen molar-refractivity contribution in [3.05, 3.63) is 59.2 Å². The highest BCUT2D eigenvalue weighted by atomic mass is 32.2. The first-order chi connectivity index (χ1) is 13.0. The lowest BCUT2D eigenvalue weighted by atomic mass is 10.1. The average Bonchev–Trinajstić information content (AvgIpc) is 3.26. The summed E-state index contributed by atoms with van der Waals surface area (Å²) in [5.74, 6) is 0. The molecule has 2 aromatic heterocycles. The fourth-order valence-corrected chi connectivity index (χ4v) is 4.81. The molecule has 3 aromatic rings. The third-order valence-corrected chi connectivity index (χ3v) is 6.60. The van der Waals surface area contributed by atoms with E-state index in [2.05, 4.69) is 20.0 Å². The number of rotatable bonds is 5. The Morgan fingerprint density at radius 2 is 2.07 bits per heavy atom. The van der Waals surface area contributed by atoms with Crippen LogP contribution in [0.5, 0.6) is 0 Å². The summed E-state index contributed by atoms with van der Waals surface area (Å²) >= 11 is 0. The second kappa shape index (κ2) is 7.28. The van der Waals surface area contributed by atoms with Crippen molar-refractivity contribution in [1.29, 1.82) is 0 Å². The summed E-state index contributed by atoms with van der Waals surface area (Å²) in [7, 11) is -3.66. The normalized spacial score (nSPS) is 14.7. The fourth-order valence-electron chi connectivity index (χ4n) is 3.56. The van der Waals surface area contributed by atoms with Crippen molar-refractivity contribution in [1.82, 2.24) is 24.7 Å². The molecule has 0 bridgehead atoms. The molecule has 142 valence electrons. The highest BCUT2D eigenvalue weighted by molar-refractivity contribution is 7.89. The summed E-state index contributed by atoms with van der Waals surface area (Å²) in [4.78, 5) is 0.261. The molecule has 4 rings (SSSR count). The van der Waals surface area contributed by atoms with Gasteiger partial charge < -0.3 is 0 Å². The molecule has 0 amide bonds. The minimum absolute atomic E-state index is 0.194. The molecule has 0 unspecified atom stereocenters. The van der Waals surface area contributed by atoms with E-state index < -0.39 is 10.0 Å². The molecule has 2 N–H and O–H groups in total. The van der Waals surface area contributed by atoms with E-state index in [4.69, 9.17) is 0 Å². The zero-order valence-corrected chi connectivity index (χ0v) is 16.1. The Hall–Kier alpha value is -2.45. The molecule has 0 saturated heterocycles. The lowest BCUT2D eigenvalue weighted by molar-refractivity contribution is 0.579. The molecule has 8 heteroatoms. The van der Waals surface area contributed by atoms with Crippen LogP contribution in [-0.4, -0.2) is 28.4 Å². The van der Waals surface area contributed by atoms with Gasteiger partial charge in [-0.15, -0.1) is 0 Å². The minimum atomic E-state index is -3.66. The van der Waals surface area contributed by atoms with Crippen molar-refractivity contribution in [3.63, 3.8) is 0 Å². The number of hydrogen-bond donors (Lipinski definition) is 2. The molecule has 0 atom stereocenters. The number of aryl methyl sites for hydroxylation is 2. The van der Waals surface area contributed by atoms with Crippen LogP contribution in [0, 0.1) is 6.92 Å². The summed E-state index contributed by atoms with van der Waals surface area (Å²) in [6.07, 6.45) is 8.87. The van der Waals surface area contributed by atoms with Gasteiger partial charge in [0.05, 0.1) is 22.8 Å². The molecule has 2 heterocycles. The average molecular weight is 385 g/mol. The zero-order chi connectivity index (χ0) is 18.9. The first-order valence-electron chi connectivity index (χ1n) is 9.20. The Balaban J connectivity index is 1.58. The van der Waals surface area contributed by atoms with Crippen LogP contribution in [0.15, 0.2) is 41.6 Å². The number of H-pyrrole nitrogens is 1. The van der Waals surface area contributed by atoms with Gasteiger partial charge in [0.15, 0.2) is 0 Å². The van der Waals surface area contributed by atoms with Crippen molar-refractivity contribution in [2.24, 2.45) is 0 Å². The highest BCUT2D eigenvalue weighted by Crippen LogP contribution is 2.23. The van der Waals surface area contributed by atoms with Crippen LogP contribution in [-0.2, 0) is 29.4 Å². The quantitative estimate of drug-likeness (QED) is 0.661. The number of aromatic amines is 1. The Labute approximate surface area is 158 Å². The van der Waals surface area contributed by atoms with Crippen LogP contribution >= 0.6 is 0 Å². The number of nitrogens with zero attached hydrogens (tertiary/aromatic N) is 3. The van der Waals surface area contributed by atoms with Crippen molar-refractivity contribution in [2.45, 2.75) is 50.5 Å². The van der Waals surface area contributed by atoms with Gasteiger partial charge in [-0.05, 0) is 61.9 Å². The van der Waals surface area contributed by atoms with Crippen molar-refractivity contribution in [2.75, 3.05) is 0 Å². The predicted octanol–water partition coefficient (Wildman–Crippen LogP) is 2.65. The smallest absolute Gasteiger partial charge is 0.241 e. The van der Waals surface area contributed by atoms with Gasteiger partial charge in [0.1, 0.15) is 0 Å². The summed E-state index contributed by atoms with van der Waals surface area (Å²) < 4.78 is 30.2. The number of nitrogens with one attached hydrogen (secondary N) is 2. The number of benzene rings is 1. The molecular formula is C19H23N5O2S. The van der Waals surface area contributed by atoms with Crippen LogP contribution in [0.2, 0.25) is 0 Å². The van der Waals surface area contributed by atoms with E-state index in [0.29, 0.717) is 11.3 Å². The van der Waals surface area contributed by atoms with E-state index in [1.54, 1.807) is 42.2 Å². The number of aromatic nitrogens is 4. The maximum absolute atomic E-state index is 12.9. The summed E-state index contributed by atoms with van der Waals surface area (Å²) in [5.41, 5.74) is 4.53. The summed E-state index contributed by atoms with van der Waals surface area (Å²) in [6, 6.07) is 7.10. The predicted molar refractivity (Wildman–Crippen MR) is 102 cm³/mol. The van der Waals surface area contributed by atoms with E-state index in [-0.39, 0.29) is 11.4 Å². The molecule has 0 fully saturated rings. The molecule has 1 aromatic carbocycles. The van der Waals surface area contributed by atoms with E-state index >= 15 is 0 Å². The zero-order valence-electron chi connectivity index (χ0n) is 15.3. The van der Waals surface area contributed by atoms with Gasteiger partial charge >= 0.3 is 0 Å². The van der Waals surface area contributed by atoms with E-state index in [9.17, 15) is 8.42 Å². The number of fused-ring (bicyclic) bond motifs is 1. The number of sulfonamides is 1. The Bertz CT molecular complexity index is 1040. The Morgan fingerprint density at radius 1 is 1.22 bits per heavy atom. The topological polar surface area (TPSA) is 92.7 Å². The molecule has 0 aliphatic heterocycles. The van der Waals surface area contributed by atoms with Gasteiger partial charge in [-0.3, -0.25) is 5.10 Å². The lowest BCUT2D eigenvalue weighted by Crippen LogP contribution is -2.25. The van der Waals surface area contributed by atoms with Crippen LogP contribution in [0.4, 0.5) is 0 Å². The summed E-state index contributed by atoms with van der Waals surface area (Å²) in [5, 5.41) is 11.6. The molecule has 0 radical (unpaired) electrons. The Morgan fingerprint density at radius 3 is 2.89 bits per heavy atom.